The Labute approximate surface area is 208 Å². The lowest BCUT2D eigenvalue weighted by Crippen LogP contribution is -2.38. The Morgan fingerprint density at radius 1 is 0.636 bits per heavy atom. The van der Waals surface area contributed by atoms with Gasteiger partial charge in [-0.2, -0.15) is 0 Å². The zero-order valence-corrected chi connectivity index (χ0v) is 20.6. The maximum atomic E-state index is 6.05. The number of benzene rings is 2. The van der Waals surface area contributed by atoms with Gasteiger partial charge >= 0.3 is 0 Å². The lowest BCUT2D eigenvalue weighted by molar-refractivity contribution is 0.0321. The first-order valence-corrected chi connectivity index (χ1v) is 11.5. The van der Waals surface area contributed by atoms with E-state index in [1.54, 1.807) is 0 Å². The minimum atomic E-state index is 0. The van der Waals surface area contributed by atoms with Crippen molar-refractivity contribution in [3.63, 3.8) is 0 Å². The van der Waals surface area contributed by atoms with Crippen LogP contribution in [0.1, 0.15) is 11.1 Å². The third-order valence-electron chi connectivity index (χ3n) is 6.38. The highest BCUT2D eigenvalue weighted by Gasteiger charge is 2.20. The molecule has 0 amide bonds. The molecule has 5 rings (SSSR count). The molecule has 0 spiro atoms. The third-order valence-corrected chi connectivity index (χ3v) is 6.38. The Morgan fingerprint density at radius 2 is 1.06 bits per heavy atom. The fourth-order valence-corrected chi connectivity index (χ4v) is 4.58. The van der Waals surface area contributed by atoms with Gasteiger partial charge in [-0.3, -0.25) is 9.80 Å². The number of hydrogen-bond donors (Lipinski definition) is 0. The minimum absolute atomic E-state index is 0. The van der Waals surface area contributed by atoms with Crippen LogP contribution in [-0.4, -0.2) is 88.7 Å². The van der Waals surface area contributed by atoms with E-state index in [2.05, 4.69) is 46.2 Å². The molecule has 33 heavy (non-hydrogen) atoms. The maximum Gasteiger partial charge on any atom is 0.119 e. The van der Waals surface area contributed by atoms with E-state index in [0.29, 0.717) is 13.2 Å². The monoisotopic (exact) mass is 496 g/mol. The first-order chi connectivity index (χ1) is 15.3. The Hall–Kier alpha value is -1.54. The summed E-state index contributed by atoms with van der Waals surface area (Å²) in [5.74, 6) is 1.92. The summed E-state index contributed by atoms with van der Waals surface area (Å²) in [5.41, 5.74) is 5.31. The van der Waals surface area contributed by atoms with Crippen LogP contribution in [-0.2, 0) is 15.9 Å². The lowest BCUT2D eigenvalue weighted by atomic mass is 10.1. The largest absolute Gasteiger partial charge is 0.492 e. The Morgan fingerprint density at radius 3 is 1.48 bits per heavy atom. The molecule has 0 aromatic heterocycles. The van der Waals surface area contributed by atoms with Gasteiger partial charge in [0.15, 0.2) is 0 Å². The van der Waals surface area contributed by atoms with E-state index in [9.17, 15) is 0 Å². The summed E-state index contributed by atoms with van der Waals surface area (Å²) >= 11 is 0. The molecule has 1 aliphatic carbocycles. The van der Waals surface area contributed by atoms with Crippen LogP contribution in [0.25, 0.3) is 11.1 Å². The van der Waals surface area contributed by atoms with Crippen LogP contribution in [0.4, 0.5) is 0 Å². The standard InChI is InChI=1S/C25H32N2O4.2ClH/c1-3-24-20(18-22(1)30-15-9-26-5-11-28-12-6-26)17-21-19-23(2-4-25(21)24)31-16-10-27-7-13-29-14-8-27;;/h1-4,18-19H,5-17H2;2*1H. The number of rotatable bonds is 8. The summed E-state index contributed by atoms with van der Waals surface area (Å²) in [5, 5.41) is 0. The van der Waals surface area contributed by atoms with Crippen molar-refractivity contribution < 1.29 is 18.9 Å². The van der Waals surface area contributed by atoms with Crippen LogP contribution in [0.2, 0.25) is 0 Å². The van der Waals surface area contributed by atoms with Crippen LogP contribution < -0.4 is 9.47 Å². The molecule has 2 aromatic carbocycles. The van der Waals surface area contributed by atoms with E-state index < -0.39 is 0 Å². The minimum Gasteiger partial charge on any atom is -0.492 e. The molecule has 8 heteroatoms. The fraction of sp³-hybridized carbons (Fsp3) is 0.520. The number of fused-ring (bicyclic) bond motifs is 3. The van der Waals surface area contributed by atoms with Gasteiger partial charge in [-0.1, -0.05) is 12.1 Å². The van der Waals surface area contributed by atoms with Crippen molar-refractivity contribution in [1.29, 1.82) is 0 Å². The highest BCUT2D eigenvalue weighted by atomic mass is 35.5. The van der Waals surface area contributed by atoms with Crippen molar-refractivity contribution in [3.8, 4) is 22.6 Å². The van der Waals surface area contributed by atoms with E-state index in [0.717, 1.165) is 83.6 Å². The fourth-order valence-electron chi connectivity index (χ4n) is 4.58. The average molecular weight is 497 g/mol. The first kappa shape index (κ1) is 26.1. The molecule has 2 heterocycles. The first-order valence-electron chi connectivity index (χ1n) is 11.5. The molecule has 182 valence electrons. The van der Waals surface area contributed by atoms with Gasteiger partial charge in [0.2, 0.25) is 0 Å². The van der Waals surface area contributed by atoms with Crippen LogP contribution in [0.5, 0.6) is 11.5 Å². The van der Waals surface area contributed by atoms with Crippen molar-refractivity contribution in [1.82, 2.24) is 9.80 Å². The molecule has 0 saturated carbocycles. The van der Waals surface area contributed by atoms with E-state index in [4.69, 9.17) is 18.9 Å². The normalized spacial score (nSPS) is 17.9. The molecule has 2 aliphatic heterocycles. The van der Waals surface area contributed by atoms with Crippen LogP contribution in [0.3, 0.4) is 0 Å². The van der Waals surface area contributed by atoms with Gasteiger partial charge in [-0.25, -0.2) is 0 Å². The molecular formula is C25H34Cl2N2O4. The number of nitrogens with zero attached hydrogens (tertiary/aromatic N) is 2. The summed E-state index contributed by atoms with van der Waals surface area (Å²) in [7, 11) is 0. The Kier molecular flexibility index (Phi) is 10.1. The topological polar surface area (TPSA) is 43.4 Å². The van der Waals surface area contributed by atoms with Gasteiger partial charge in [0.1, 0.15) is 24.7 Å². The molecular weight excluding hydrogens is 463 g/mol. The average Bonchev–Trinajstić information content (AvgIpc) is 3.17. The van der Waals surface area contributed by atoms with Gasteiger partial charge in [0.05, 0.1) is 26.4 Å². The second-order valence-corrected chi connectivity index (χ2v) is 8.42. The van der Waals surface area contributed by atoms with Gasteiger partial charge in [0, 0.05) is 39.3 Å². The summed E-state index contributed by atoms with van der Waals surface area (Å²) in [6.07, 6.45) is 0.937. The SMILES string of the molecule is Cl.Cl.c1cc2c(cc1OCCN1CCOCC1)Cc1cc(OCCN3CCOCC3)ccc1-2. The van der Waals surface area contributed by atoms with Gasteiger partial charge < -0.3 is 18.9 Å². The second kappa shape index (κ2) is 12.8. The molecule has 0 bridgehead atoms. The number of ether oxygens (including phenoxy) is 4. The van der Waals surface area contributed by atoms with Crippen molar-refractivity contribution in [2.45, 2.75) is 6.42 Å². The summed E-state index contributed by atoms with van der Waals surface area (Å²) in [4.78, 5) is 4.79. The molecule has 6 nitrogen and oxygen atoms in total. The number of halogens is 2. The van der Waals surface area contributed by atoms with Crippen LogP contribution >= 0.6 is 24.8 Å². The third kappa shape index (κ3) is 6.75. The van der Waals surface area contributed by atoms with Gasteiger partial charge in [-0.15, -0.1) is 24.8 Å². The molecule has 0 atom stereocenters. The van der Waals surface area contributed by atoms with E-state index in [1.807, 2.05) is 0 Å². The summed E-state index contributed by atoms with van der Waals surface area (Å²) in [6.45, 7) is 10.6. The molecule has 2 fully saturated rings. The smallest absolute Gasteiger partial charge is 0.119 e. The molecule has 0 radical (unpaired) electrons. The van der Waals surface area contributed by atoms with Gasteiger partial charge in [0.25, 0.3) is 0 Å². The van der Waals surface area contributed by atoms with Gasteiger partial charge in [-0.05, 0) is 52.9 Å². The zero-order chi connectivity index (χ0) is 20.9. The van der Waals surface area contributed by atoms with Crippen molar-refractivity contribution in [2.75, 3.05) is 78.9 Å². The lowest BCUT2D eigenvalue weighted by Gasteiger charge is -2.26. The van der Waals surface area contributed by atoms with Crippen LogP contribution in [0.15, 0.2) is 36.4 Å². The van der Waals surface area contributed by atoms with E-state index >= 15 is 0 Å². The van der Waals surface area contributed by atoms with Crippen molar-refractivity contribution >= 4 is 24.8 Å². The van der Waals surface area contributed by atoms with E-state index in [-0.39, 0.29) is 24.8 Å². The summed E-state index contributed by atoms with van der Waals surface area (Å²) < 4.78 is 22.9. The highest BCUT2D eigenvalue weighted by molar-refractivity contribution is 5.85. The maximum absolute atomic E-state index is 6.05. The molecule has 0 unspecified atom stereocenters. The predicted octanol–water partition coefficient (Wildman–Crippen LogP) is 3.52. The van der Waals surface area contributed by atoms with Crippen molar-refractivity contribution in [2.24, 2.45) is 0 Å². The van der Waals surface area contributed by atoms with Crippen molar-refractivity contribution in [3.05, 3.63) is 47.5 Å². The molecule has 0 N–H and O–H groups in total. The quantitative estimate of drug-likeness (QED) is 0.475. The van der Waals surface area contributed by atoms with E-state index in [1.165, 1.54) is 22.3 Å². The van der Waals surface area contributed by atoms with Crippen LogP contribution in [0, 0.1) is 0 Å². The molecule has 2 saturated heterocycles. The Balaban J connectivity index is 0.00000153. The Bertz CT molecular complexity index is 815. The summed E-state index contributed by atoms with van der Waals surface area (Å²) in [6, 6.07) is 13.0. The number of morpholine rings is 2. The number of hydrogen-bond acceptors (Lipinski definition) is 6. The predicted molar refractivity (Wildman–Crippen MR) is 135 cm³/mol. The zero-order valence-electron chi connectivity index (χ0n) is 19.0. The highest BCUT2D eigenvalue weighted by Crippen LogP contribution is 2.39. The molecule has 2 aromatic rings. The second-order valence-electron chi connectivity index (χ2n) is 8.42. The molecule has 3 aliphatic rings.